The molecule has 0 bridgehead atoms. The summed E-state index contributed by atoms with van der Waals surface area (Å²) in [5.74, 6) is -0.779. The molecule has 106 valence electrons. The number of aliphatic hydroxyl groups is 1. The molecule has 0 spiro atoms. The third-order valence-corrected chi connectivity index (χ3v) is 2.83. The van der Waals surface area contributed by atoms with Gasteiger partial charge in [0.1, 0.15) is 5.75 Å². The molecule has 1 amide bonds. The van der Waals surface area contributed by atoms with Gasteiger partial charge in [0.2, 0.25) is 0 Å². The summed E-state index contributed by atoms with van der Waals surface area (Å²) in [6.45, 7) is 1.79. The number of aliphatic hydroxyl groups excluding tert-OH is 1. The largest absolute Gasteiger partial charge is 0.434 e. The molecule has 1 aromatic rings. The van der Waals surface area contributed by atoms with E-state index in [0.717, 1.165) is 0 Å². The van der Waals surface area contributed by atoms with Crippen molar-refractivity contribution in [2.24, 2.45) is 0 Å². The molecule has 0 heterocycles. The van der Waals surface area contributed by atoms with Crippen LogP contribution in [0.2, 0.25) is 0 Å². The summed E-state index contributed by atoms with van der Waals surface area (Å²) in [4.78, 5) is 12.0. The van der Waals surface area contributed by atoms with Crippen LogP contribution in [-0.2, 0) is 0 Å². The molecule has 2 N–H and O–H groups in total. The molecule has 4 nitrogen and oxygen atoms in total. The number of carbonyl (C=O) groups is 1. The van der Waals surface area contributed by atoms with E-state index in [1.807, 2.05) is 0 Å². The average Bonchev–Trinajstić information content (AvgIpc) is 2.27. The molecule has 1 unspecified atom stereocenters. The summed E-state index contributed by atoms with van der Waals surface area (Å²) in [7, 11) is 0. The third-order valence-electron chi connectivity index (χ3n) is 2.83. The minimum absolute atomic E-state index is 0.00322. The quantitative estimate of drug-likeness (QED) is 0.864. The van der Waals surface area contributed by atoms with E-state index in [1.54, 1.807) is 19.9 Å². The van der Waals surface area contributed by atoms with Crippen LogP contribution in [-0.4, -0.2) is 29.3 Å². The van der Waals surface area contributed by atoms with Crippen molar-refractivity contribution in [2.75, 3.05) is 0 Å². The van der Waals surface area contributed by atoms with Gasteiger partial charge in [-0.15, -0.1) is 0 Å². The number of rotatable bonds is 5. The van der Waals surface area contributed by atoms with Gasteiger partial charge in [-0.1, -0.05) is 12.1 Å². The van der Waals surface area contributed by atoms with Crippen molar-refractivity contribution in [1.29, 1.82) is 0 Å². The van der Waals surface area contributed by atoms with Gasteiger partial charge >= 0.3 is 6.61 Å². The highest BCUT2D eigenvalue weighted by molar-refractivity contribution is 5.97. The number of alkyl halides is 2. The fourth-order valence-corrected chi connectivity index (χ4v) is 1.32. The SMILES string of the molecule is CC(O)C(C)(C)NC(=O)c1ccccc1OC(F)F. The molecule has 0 aliphatic rings. The standard InChI is InChI=1S/C13H17F2NO3/c1-8(17)13(2,3)16-11(18)9-6-4-5-7-10(9)19-12(14)15/h4-8,12,17H,1-3H3,(H,16,18). The monoisotopic (exact) mass is 273 g/mol. The van der Waals surface area contributed by atoms with E-state index in [2.05, 4.69) is 10.1 Å². The number of amides is 1. The summed E-state index contributed by atoms with van der Waals surface area (Å²) in [6, 6.07) is 5.71. The Morgan fingerprint density at radius 2 is 1.95 bits per heavy atom. The number of para-hydroxylation sites is 1. The maximum Gasteiger partial charge on any atom is 0.387 e. The number of nitrogens with one attached hydrogen (secondary N) is 1. The molecule has 0 fully saturated rings. The van der Waals surface area contributed by atoms with Gasteiger partial charge < -0.3 is 15.2 Å². The van der Waals surface area contributed by atoms with Gasteiger partial charge in [0.15, 0.2) is 0 Å². The first-order valence-corrected chi connectivity index (χ1v) is 5.78. The fraction of sp³-hybridized carbons (Fsp3) is 0.462. The van der Waals surface area contributed by atoms with Crippen LogP contribution in [0.3, 0.4) is 0 Å². The summed E-state index contributed by atoms with van der Waals surface area (Å²) in [5.41, 5.74) is -0.883. The van der Waals surface area contributed by atoms with Crippen molar-refractivity contribution in [2.45, 2.75) is 39.0 Å². The molecular weight excluding hydrogens is 256 g/mol. The van der Waals surface area contributed by atoms with Crippen LogP contribution in [0.5, 0.6) is 5.75 Å². The van der Waals surface area contributed by atoms with Crippen LogP contribution in [0.15, 0.2) is 24.3 Å². The van der Waals surface area contributed by atoms with Crippen LogP contribution in [0.4, 0.5) is 8.78 Å². The summed E-state index contributed by atoms with van der Waals surface area (Å²) < 4.78 is 28.8. The van der Waals surface area contributed by atoms with E-state index in [4.69, 9.17) is 0 Å². The first-order valence-electron chi connectivity index (χ1n) is 5.78. The van der Waals surface area contributed by atoms with Gasteiger partial charge in [-0.2, -0.15) is 8.78 Å². The zero-order valence-corrected chi connectivity index (χ0v) is 11.0. The highest BCUT2D eigenvalue weighted by atomic mass is 19.3. The van der Waals surface area contributed by atoms with Gasteiger partial charge in [0.25, 0.3) is 5.91 Å². The first kappa shape index (κ1) is 15.4. The Hall–Kier alpha value is -1.69. The summed E-state index contributed by atoms with van der Waals surface area (Å²) in [5, 5.41) is 12.1. The maximum atomic E-state index is 12.2. The number of ether oxygens (including phenoxy) is 1. The van der Waals surface area contributed by atoms with E-state index in [1.165, 1.54) is 25.1 Å². The molecule has 1 aromatic carbocycles. The van der Waals surface area contributed by atoms with E-state index >= 15 is 0 Å². The number of carbonyl (C=O) groups excluding carboxylic acids is 1. The lowest BCUT2D eigenvalue weighted by Gasteiger charge is -2.29. The molecule has 0 aliphatic heterocycles. The number of hydrogen-bond acceptors (Lipinski definition) is 3. The topological polar surface area (TPSA) is 58.6 Å². The second-order valence-corrected chi connectivity index (χ2v) is 4.73. The van der Waals surface area contributed by atoms with Crippen molar-refractivity contribution >= 4 is 5.91 Å². The Morgan fingerprint density at radius 1 is 1.37 bits per heavy atom. The average molecular weight is 273 g/mol. The zero-order chi connectivity index (χ0) is 14.6. The zero-order valence-electron chi connectivity index (χ0n) is 11.0. The third kappa shape index (κ3) is 4.17. The smallest absolute Gasteiger partial charge is 0.387 e. The van der Waals surface area contributed by atoms with E-state index in [-0.39, 0.29) is 11.3 Å². The van der Waals surface area contributed by atoms with Crippen LogP contribution in [0.25, 0.3) is 0 Å². The Balaban J connectivity index is 2.94. The second-order valence-electron chi connectivity index (χ2n) is 4.73. The molecule has 1 atom stereocenters. The van der Waals surface area contributed by atoms with Gasteiger partial charge in [0.05, 0.1) is 17.2 Å². The van der Waals surface area contributed by atoms with Gasteiger partial charge in [-0.3, -0.25) is 4.79 Å². The molecule has 0 aromatic heterocycles. The Kier molecular flexibility index (Phi) is 4.83. The van der Waals surface area contributed by atoms with Gasteiger partial charge in [0, 0.05) is 0 Å². The number of benzene rings is 1. The lowest BCUT2D eigenvalue weighted by atomic mass is 9.98. The van der Waals surface area contributed by atoms with E-state index < -0.39 is 24.2 Å². The normalized spacial score (nSPS) is 13.2. The predicted octanol–water partition coefficient (Wildman–Crippen LogP) is 2.18. The molecule has 19 heavy (non-hydrogen) atoms. The highest BCUT2D eigenvalue weighted by Crippen LogP contribution is 2.21. The van der Waals surface area contributed by atoms with Crippen LogP contribution in [0, 0.1) is 0 Å². The summed E-state index contributed by atoms with van der Waals surface area (Å²) >= 11 is 0. The van der Waals surface area contributed by atoms with Crippen LogP contribution in [0.1, 0.15) is 31.1 Å². The fourth-order valence-electron chi connectivity index (χ4n) is 1.32. The summed E-state index contributed by atoms with van der Waals surface area (Å²) in [6.07, 6.45) is -0.792. The lowest BCUT2D eigenvalue weighted by molar-refractivity contribution is -0.0502. The van der Waals surface area contributed by atoms with Crippen molar-refractivity contribution < 1.29 is 23.4 Å². The highest BCUT2D eigenvalue weighted by Gasteiger charge is 2.27. The Labute approximate surface area is 110 Å². The van der Waals surface area contributed by atoms with Gasteiger partial charge in [-0.25, -0.2) is 0 Å². The van der Waals surface area contributed by atoms with Crippen molar-refractivity contribution in [3.8, 4) is 5.75 Å². The second kappa shape index (κ2) is 5.97. The minimum Gasteiger partial charge on any atom is -0.434 e. The number of hydrogen-bond donors (Lipinski definition) is 2. The lowest BCUT2D eigenvalue weighted by Crippen LogP contribution is -2.51. The molecule has 0 aliphatic carbocycles. The Morgan fingerprint density at radius 3 is 2.47 bits per heavy atom. The van der Waals surface area contributed by atoms with Crippen molar-refractivity contribution in [3.05, 3.63) is 29.8 Å². The van der Waals surface area contributed by atoms with E-state index in [0.29, 0.717) is 0 Å². The van der Waals surface area contributed by atoms with Crippen molar-refractivity contribution in [3.63, 3.8) is 0 Å². The molecule has 1 rings (SSSR count). The van der Waals surface area contributed by atoms with Crippen LogP contribution < -0.4 is 10.1 Å². The molecular formula is C13H17F2NO3. The van der Waals surface area contributed by atoms with Gasteiger partial charge in [-0.05, 0) is 32.9 Å². The first-order chi connectivity index (χ1) is 8.74. The number of halogens is 2. The molecule has 0 saturated heterocycles. The Bertz CT molecular complexity index is 447. The maximum absolute atomic E-state index is 12.2. The van der Waals surface area contributed by atoms with Crippen LogP contribution >= 0.6 is 0 Å². The molecule has 6 heteroatoms. The minimum atomic E-state index is -3.00. The molecule has 0 saturated carbocycles. The predicted molar refractivity (Wildman–Crippen MR) is 66.3 cm³/mol. The van der Waals surface area contributed by atoms with E-state index in [9.17, 15) is 18.7 Å². The molecule has 0 radical (unpaired) electrons. The van der Waals surface area contributed by atoms with Crippen molar-refractivity contribution in [1.82, 2.24) is 5.32 Å².